The van der Waals surface area contributed by atoms with E-state index in [9.17, 15) is 5.11 Å². The Kier molecular flexibility index (Phi) is 3.33. The van der Waals surface area contributed by atoms with Gasteiger partial charge in [0.2, 0.25) is 0 Å². The highest BCUT2D eigenvalue weighted by Gasteiger charge is 2.16. The first-order valence-electron chi connectivity index (χ1n) is 7.21. The average Bonchev–Trinajstić information content (AvgIpc) is 2.73. The fourth-order valence-electron chi connectivity index (χ4n) is 2.88. The Labute approximate surface area is 124 Å². The standard InChI is InChI=1S/C17H21N3O/c1-11-7-13(21)8-15-17(11)14-5-6-18-9-16(14)20(15)10-12(2)19(3)4/h5-9,12,21H,10H2,1-4H3. The number of phenols is 1. The Balaban J connectivity index is 2.34. The number of fused-ring (bicyclic) bond motifs is 3. The van der Waals surface area contributed by atoms with Gasteiger partial charge in [-0.15, -0.1) is 0 Å². The number of likely N-dealkylation sites (N-methyl/N-ethyl adjacent to an activating group) is 1. The van der Waals surface area contributed by atoms with Gasteiger partial charge in [0, 0.05) is 35.6 Å². The van der Waals surface area contributed by atoms with Crippen molar-refractivity contribution in [1.29, 1.82) is 0 Å². The Bertz CT molecular complexity index is 805. The van der Waals surface area contributed by atoms with E-state index in [1.165, 1.54) is 10.8 Å². The maximum Gasteiger partial charge on any atom is 0.117 e. The minimum absolute atomic E-state index is 0.314. The molecular weight excluding hydrogens is 262 g/mol. The van der Waals surface area contributed by atoms with E-state index in [0.717, 1.165) is 23.1 Å². The predicted molar refractivity (Wildman–Crippen MR) is 86.8 cm³/mol. The lowest BCUT2D eigenvalue weighted by atomic mass is 10.1. The quantitative estimate of drug-likeness (QED) is 0.803. The maximum atomic E-state index is 9.96. The number of aryl methyl sites for hydroxylation is 1. The molecule has 1 atom stereocenters. The van der Waals surface area contributed by atoms with Crippen LogP contribution in [0, 0.1) is 6.92 Å². The molecule has 0 aliphatic carbocycles. The van der Waals surface area contributed by atoms with Crippen LogP contribution in [0.25, 0.3) is 21.8 Å². The second-order valence-electron chi connectivity index (χ2n) is 5.97. The first-order chi connectivity index (χ1) is 9.99. The number of benzene rings is 1. The molecule has 0 saturated heterocycles. The molecule has 0 amide bonds. The first-order valence-corrected chi connectivity index (χ1v) is 7.21. The number of hydrogen-bond donors (Lipinski definition) is 1. The molecule has 3 rings (SSSR count). The van der Waals surface area contributed by atoms with Gasteiger partial charge in [0.05, 0.1) is 17.2 Å². The monoisotopic (exact) mass is 283 g/mol. The average molecular weight is 283 g/mol. The van der Waals surface area contributed by atoms with Crippen LogP contribution in [-0.2, 0) is 6.54 Å². The zero-order chi connectivity index (χ0) is 15.1. The number of aromatic nitrogens is 2. The highest BCUT2D eigenvalue weighted by atomic mass is 16.3. The molecule has 0 saturated carbocycles. The largest absolute Gasteiger partial charge is 0.508 e. The molecule has 4 nitrogen and oxygen atoms in total. The third-order valence-electron chi connectivity index (χ3n) is 4.28. The predicted octanol–water partition coefficient (Wildman–Crippen LogP) is 3.15. The summed E-state index contributed by atoms with van der Waals surface area (Å²) in [6.45, 7) is 5.10. The summed E-state index contributed by atoms with van der Waals surface area (Å²) in [4.78, 5) is 6.47. The zero-order valence-electron chi connectivity index (χ0n) is 13.0. The van der Waals surface area contributed by atoms with Gasteiger partial charge in [-0.3, -0.25) is 4.98 Å². The summed E-state index contributed by atoms with van der Waals surface area (Å²) in [6, 6.07) is 6.12. The van der Waals surface area contributed by atoms with Crippen LogP contribution in [0.4, 0.5) is 0 Å². The molecule has 0 spiro atoms. The first kappa shape index (κ1) is 13.9. The van der Waals surface area contributed by atoms with Crippen LogP contribution in [0.1, 0.15) is 12.5 Å². The molecule has 0 radical (unpaired) electrons. The van der Waals surface area contributed by atoms with Crippen molar-refractivity contribution in [2.75, 3.05) is 14.1 Å². The van der Waals surface area contributed by atoms with Gasteiger partial charge in [-0.05, 0) is 45.6 Å². The Morgan fingerprint density at radius 2 is 2.05 bits per heavy atom. The molecule has 0 bridgehead atoms. The molecule has 110 valence electrons. The fraction of sp³-hybridized carbons (Fsp3) is 0.353. The lowest BCUT2D eigenvalue weighted by Gasteiger charge is -2.21. The van der Waals surface area contributed by atoms with Gasteiger partial charge >= 0.3 is 0 Å². The van der Waals surface area contributed by atoms with Crippen LogP contribution < -0.4 is 0 Å². The normalized spacial score (nSPS) is 13.4. The van der Waals surface area contributed by atoms with E-state index >= 15 is 0 Å². The lowest BCUT2D eigenvalue weighted by Crippen LogP contribution is -2.29. The van der Waals surface area contributed by atoms with E-state index in [1.807, 2.05) is 31.5 Å². The van der Waals surface area contributed by atoms with Crippen molar-refractivity contribution in [2.24, 2.45) is 0 Å². The number of nitrogens with zero attached hydrogens (tertiary/aromatic N) is 3. The molecule has 0 aliphatic heterocycles. The Morgan fingerprint density at radius 3 is 2.76 bits per heavy atom. The molecule has 1 aromatic carbocycles. The van der Waals surface area contributed by atoms with E-state index in [1.54, 1.807) is 0 Å². The topological polar surface area (TPSA) is 41.3 Å². The second kappa shape index (κ2) is 5.04. The summed E-state index contributed by atoms with van der Waals surface area (Å²) < 4.78 is 2.26. The van der Waals surface area contributed by atoms with E-state index in [2.05, 4.69) is 41.5 Å². The van der Waals surface area contributed by atoms with Crippen molar-refractivity contribution in [3.05, 3.63) is 36.2 Å². The van der Waals surface area contributed by atoms with Crippen LogP contribution in [0.2, 0.25) is 0 Å². The summed E-state index contributed by atoms with van der Waals surface area (Å²) in [5.74, 6) is 0.314. The third kappa shape index (κ3) is 2.25. The van der Waals surface area contributed by atoms with Crippen LogP contribution in [-0.4, -0.2) is 39.7 Å². The van der Waals surface area contributed by atoms with Crippen LogP contribution in [0.15, 0.2) is 30.6 Å². The van der Waals surface area contributed by atoms with Gasteiger partial charge in [-0.1, -0.05) is 0 Å². The summed E-state index contributed by atoms with van der Waals surface area (Å²) in [5, 5.41) is 12.4. The van der Waals surface area contributed by atoms with Crippen molar-refractivity contribution in [1.82, 2.24) is 14.5 Å². The molecule has 1 unspecified atom stereocenters. The summed E-state index contributed by atoms with van der Waals surface area (Å²) in [5.41, 5.74) is 3.29. The highest BCUT2D eigenvalue weighted by molar-refractivity contribution is 6.09. The van der Waals surface area contributed by atoms with E-state index in [0.29, 0.717) is 11.8 Å². The van der Waals surface area contributed by atoms with Gasteiger partial charge in [0.25, 0.3) is 0 Å². The van der Waals surface area contributed by atoms with Crippen LogP contribution in [0.5, 0.6) is 5.75 Å². The number of hydrogen-bond acceptors (Lipinski definition) is 3. The van der Waals surface area contributed by atoms with E-state index in [4.69, 9.17) is 0 Å². The minimum atomic E-state index is 0.314. The molecule has 2 heterocycles. The fourth-order valence-corrected chi connectivity index (χ4v) is 2.88. The van der Waals surface area contributed by atoms with Gasteiger partial charge in [-0.2, -0.15) is 0 Å². The van der Waals surface area contributed by atoms with E-state index < -0.39 is 0 Å². The maximum absolute atomic E-state index is 9.96. The van der Waals surface area contributed by atoms with Gasteiger partial charge < -0.3 is 14.6 Å². The third-order valence-corrected chi connectivity index (χ3v) is 4.28. The molecule has 0 fully saturated rings. The molecule has 1 N–H and O–H groups in total. The number of pyridine rings is 1. The van der Waals surface area contributed by atoms with Crippen LogP contribution in [0.3, 0.4) is 0 Å². The Morgan fingerprint density at radius 1 is 1.29 bits per heavy atom. The van der Waals surface area contributed by atoms with E-state index in [-0.39, 0.29) is 0 Å². The second-order valence-corrected chi connectivity index (χ2v) is 5.97. The van der Waals surface area contributed by atoms with Crippen molar-refractivity contribution in [3.63, 3.8) is 0 Å². The molecule has 21 heavy (non-hydrogen) atoms. The van der Waals surface area contributed by atoms with Crippen molar-refractivity contribution in [3.8, 4) is 5.75 Å². The number of rotatable bonds is 3. The highest BCUT2D eigenvalue weighted by Crippen LogP contribution is 2.33. The minimum Gasteiger partial charge on any atom is -0.508 e. The summed E-state index contributed by atoms with van der Waals surface area (Å²) in [6.07, 6.45) is 3.74. The summed E-state index contributed by atoms with van der Waals surface area (Å²) >= 11 is 0. The molecular formula is C17H21N3O. The molecule has 0 aliphatic rings. The van der Waals surface area contributed by atoms with Gasteiger partial charge in [-0.25, -0.2) is 0 Å². The van der Waals surface area contributed by atoms with Crippen molar-refractivity contribution < 1.29 is 5.11 Å². The SMILES string of the molecule is Cc1cc(O)cc2c1c1ccncc1n2CC(C)N(C)C. The molecule has 2 aromatic heterocycles. The molecule has 3 aromatic rings. The van der Waals surface area contributed by atoms with Gasteiger partial charge in [0.15, 0.2) is 0 Å². The van der Waals surface area contributed by atoms with Crippen molar-refractivity contribution in [2.45, 2.75) is 26.4 Å². The van der Waals surface area contributed by atoms with Gasteiger partial charge in [0.1, 0.15) is 5.75 Å². The smallest absolute Gasteiger partial charge is 0.117 e. The lowest BCUT2D eigenvalue weighted by molar-refractivity contribution is 0.288. The molecule has 4 heteroatoms. The van der Waals surface area contributed by atoms with Crippen molar-refractivity contribution >= 4 is 21.8 Å². The van der Waals surface area contributed by atoms with Crippen LogP contribution >= 0.6 is 0 Å². The zero-order valence-corrected chi connectivity index (χ0v) is 13.0. The number of phenolic OH excluding ortho intramolecular Hbond substituents is 1. The summed E-state index contributed by atoms with van der Waals surface area (Å²) in [7, 11) is 4.17. The Hall–Kier alpha value is -2.07. The number of aromatic hydroxyl groups is 1.